The molecule has 0 saturated carbocycles. The van der Waals surface area contributed by atoms with E-state index in [-0.39, 0.29) is 17.4 Å². The Morgan fingerprint density at radius 1 is 1.00 bits per heavy atom. The van der Waals surface area contributed by atoms with Gasteiger partial charge in [-0.05, 0) is 20.0 Å². The monoisotopic (exact) mass is 195 g/mol. The molecular formula is C11H22AlN. The highest BCUT2D eigenvalue weighted by atomic mass is 27.0. The van der Waals surface area contributed by atoms with Gasteiger partial charge in [0.25, 0.3) is 0 Å². The fourth-order valence-corrected chi connectivity index (χ4v) is 0.784. The summed E-state index contributed by atoms with van der Waals surface area (Å²) in [4.78, 5) is 0. The Bertz CT molecular complexity index is 173. The average Bonchev–Trinajstić information content (AvgIpc) is 2.08. The van der Waals surface area contributed by atoms with E-state index in [1.54, 1.807) is 0 Å². The van der Waals surface area contributed by atoms with Crippen molar-refractivity contribution in [1.29, 1.82) is 0 Å². The van der Waals surface area contributed by atoms with Crippen LogP contribution in [0, 0.1) is 6.92 Å². The molecule has 0 aliphatic carbocycles. The third kappa shape index (κ3) is 11.7. The van der Waals surface area contributed by atoms with Crippen LogP contribution in [-0.4, -0.2) is 30.5 Å². The Balaban J connectivity index is 0. The van der Waals surface area contributed by atoms with Gasteiger partial charge in [-0.25, -0.2) is 0 Å². The van der Waals surface area contributed by atoms with Crippen LogP contribution in [0.2, 0.25) is 0 Å². The molecule has 0 fully saturated rings. The number of hydrogen-bond donors (Lipinski definition) is 1. The van der Waals surface area contributed by atoms with E-state index in [1.165, 1.54) is 5.56 Å². The second-order valence-electron chi connectivity index (χ2n) is 2.61. The molecule has 1 aromatic rings. The number of benzene rings is 1. The molecule has 1 aromatic carbocycles. The minimum absolute atomic E-state index is 0. The summed E-state index contributed by atoms with van der Waals surface area (Å²) in [7, 11) is 0. The van der Waals surface area contributed by atoms with Crippen molar-refractivity contribution >= 4 is 17.4 Å². The van der Waals surface area contributed by atoms with E-state index in [1.807, 2.05) is 18.2 Å². The predicted octanol–water partition coefficient (Wildman–Crippen LogP) is 1.43. The summed E-state index contributed by atoms with van der Waals surface area (Å²) in [6, 6.07) is 10.3. The molecule has 1 nitrogen and oxygen atoms in total. The Labute approximate surface area is 92.7 Å². The zero-order valence-corrected chi connectivity index (χ0v) is 8.30. The second kappa shape index (κ2) is 11.7. The van der Waals surface area contributed by atoms with Crippen molar-refractivity contribution in [3.05, 3.63) is 35.9 Å². The molecule has 1 N–H and O–H groups in total. The second-order valence-corrected chi connectivity index (χ2v) is 2.61. The van der Waals surface area contributed by atoms with Crippen LogP contribution >= 0.6 is 0 Å². The van der Waals surface area contributed by atoms with Gasteiger partial charge in [-0.15, -0.1) is 0 Å². The Morgan fingerprint density at radius 2 is 1.46 bits per heavy atom. The first-order chi connectivity index (χ1) is 5.81. The summed E-state index contributed by atoms with van der Waals surface area (Å²) in [5, 5.41) is 3.11. The van der Waals surface area contributed by atoms with Gasteiger partial charge in [-0.2, -0.15) is 0 Å². The molecule has 0 aromatic heterocycles. The number of hydrogen-bond acceptors (Lipinski definition) is 1. The molecule has 0 aliphatic heterocycles. The third-order valence-electron chi connectivity index (χ3n) is 1.44. The minimum Gasteiger partial charge on any atom is -0.317 e. The van der Waals surface area contributed by atoms with Gasteiger partial charge in [0.2, 0.25) is 0 Å². The maximum Gasteiger partial charge on any atom is 0.187 e. The van der Waals surface area contributed by atoms with Crippen LogP contribution in [0.15, 0.2) is 30.3 Å². The van der Waals surface area contributed by atoms with Gasteiger partial charge < -0.3 is 5.32 Å². The fourth-order valence-electron chi connectivity index (χ4n) is 0.784. The third-order valence-corrected chi connectivity index (χ3v) is 1.44. The normalized spacial score (nSPS) is 7.92. The molecule has 0 radical (unpaired) electrons. The predicted molar refractivity (Wildman–Crippen MR) is 65.3 cm³/mol. The van der Waals surface area contributed by atoms with E-state index in [2.05, 4.69) is 38.2 Å². The summed E-state index contributed by atoms with van der Waals surface area (Å²) in [5.41, 5.74) is 1.32. The van der Waals surface area contributed by atoms with Crippen molar-refractivity contribution in [3.63, 3.8) is 0 Å². The molecule has 74 valence electrons. The van der Waals surface area contributed by atoms with Crippen molar-refractivity contribution < 1.29 is 0 Å². The maximum atomic E-state index is 3.11. The summed E-state index contributed by atoms with van der Waals surface area (Å²) < 4.78 is 0. The molecule has 0 spiro atoms. The van der Waals surface area contributed by atoms with E-state index in [9.17, 15) is 0 Å². The lowest BCUT2D eigenvalue weighted by Crippen LogP contribution is -2.09. The summed E-state index contributed by atoms with van der Waals surface area (Å²) in [5.74, 6) is 0. The first kappa shape index (κ1) is 15.2. The van der Waals surface area contributed by atoms with E-state index >= 15 is 0 Å². The first-order valence-corrected chi connectivity index (χ1v) is 4.53. The topological polar surface area (TPSA) is 12.0 Å². The molecule has 0 heterocycles. The maximum absolute atomic E-state index is 3.11. The van der Waals surface area contributed by atoms with Crippen LogP contribution in [0.25, 0.3) is 0 Å². The summed E-state index contributed by atoms with van der Waals surface area (Å²) in [6.07, 6.45) is 0. The van der Waals surface area contributed by atoms with Gasteiger partial charge >= 0.3 is 0 Å². The SMILES string of the molecule is CCNCC.Cc1ccccc1.[AlH3]. The first-order valence-electron chi connectivity index (χ1n) is 4.53. The zero-order chi connectivity index (χ0) is 9.23. The highest BCUT2D eigenvalue weighted by Gasteiger charge is 1.72. The van der Waals surface area contributed by atoms with Crippen LogP contribution in [0.4, 0.5) is 0 Å². The van der Waals surface area contributed by atoms with E-state index in [4.69, 9.17) is 0 Å². The molecule has 0 atom stereocenters. The zero-order valence-electron chi connectivity index (χ0n) is 8.30. The number of rotatable bonds is 2. The van der Waals surface area contributed by atoms with Gasteiger partial charge in [-0.3, -0.25) is 0 Å². The van der Waals surface area contributed by atoms with Gasteiger partial charge in [0, 0.05) is 0 Å². The van der Waals surface area contributed by atoms with E-state index < -0.39 is 0 Å². The fraction of sp³-hybridized carbons (Fsp3) is 0.455. The Kier molecular flexibility index (Phi) is 13.7. The van der Waals surface area contributed by atoms with Crippen LogP contribution in [0.3, 0.4) is 0 Å². The van der Waals surface area contributed by atoms with Gasteiger partial charge in [0.1, 0.15) is 0 Å². The van der Waals surface area contributed by atoms with Gasteiger partial charge in [-0.1, -0.05) is 49.7 Å². The molecule has 0 saturated heterocycles. The van der Waals surface area contributed by atoms with Crippen LogP contribution < -0.4 is 5.32 Å². The average molecular weight is 195 g/mol. The molecule has 0 bridgehead atoms. The Morgan fingerprint density at radius 3 is 1.62 bits per heavy atom. The van der Waals surface area contributed by atoms with Crippen molar-refractivity contribution in [1.82, 2.24) is 5.32 Å². The van der Waals surface area contributed by atoms with E-state index in [0.717, 1.165) is 13.1 Å². The largest absolute Gasteiger partial charge is 0.317 e. The Hall–Kier alpha value is -0.288. The van der Waals surface area contributed by atoms with Gasteiger partial charge in [0.05, 0.1) is 0 Å². The highest BCUT2D eigenvalue weighted by molar-refractivity contribution is 5.75. The standard InChI is InChI=1S/C7H8.C4H11N.Al.3H/c1-7-5-3-2-4-6-7;1-3-5-4-2;;;;/h2-6H,1H3;5H,3-4H2,1-2H3;;;;. The smallest absolute Gasteiger partial charge is 0.187 e. The molecule has 0 aliphatic rings. The molecule has 0 amide bonds. The van der Waals surface area contributed by atoms with Crippen molar-refractivity contribution in [3.8, 4) is 0 Å². The number of nitrogens with one attached hydrogen (secondary N) is 1. The summed E-state index contributed by atoms with van der Waals surface area (Å²) >= 11 is 0. The van der Waals surface area contributed by atoms with Crippen LogP contribution in [0.1, 0.15) is 19.4 Å². The van der Waals surface area contributed by atoms with E-state index in [0.29, 0.717) is 0 Å². The molecular weight excluding hydrogens is 173 g/mol. The van der Waals surface area contributed by atoms with Crippen molar-refractivity contribution in [2.24, 2.45) is 0 Å². The van der Waals surface area contributed by atoms with Crippen molar-refractivity contribution in [2.75, 3.05) is 13.1 Å². The lowest BCUT2D eigenvalue weighted by Gasteiger charge is -1.86. The van der Waals surface area contributed by atoms with Gasteiger partial charge in [0.15, 0.2) is 17.4 Å². The lowest BCUT2D eigenvalue weighted by molar-refractivity contribution is 0.762. The lowest BCUT2D eigenvalue weighted by atomic mass is 10.2. The molecule has 13 heavy (non-hydrogen) atoms. The molecule has 0 unspecified atom stereocenters. The molecule has 1 rings (SSSR count). The van der Waals surface area contributed by atoms with Crippen LogP contribution in [0.5, 0.6) is 0 Å². The van der Waals surface area contributed by atoms with Crippen molar-refractivity contribution in [2.45, 2.75) is 20.8 Å². The summed E-state index contributed by atoms with van der Waals surface area (Å²) in [6.45, 7) is 8.47. The molecule has 2 heteroatoms. The highest BCUT2D eigenvalue weighted by Crippen LogP contribution is 1.92. The number of aryl methyl sites for hydroxylation is 1. The quantitative estimate of drug-likeness (QED) is 0.704. The minimum atomic E-state index is 0. The van der Waals surface area contributed by atoms with Crippen LogP contribution in [-0.2, 0) is 0 Å².